The van der Waals surface area contributed by atoms with Gasteiger partial charge in [0.2, 0.25) is 0 Å². The summed E-state index contributed by atoms with van der Waals surface area (Å²) in [5.74, 6) is 2.38. The van der Waals surface area contributed by atoms with Gasteiger partial charge in [-0.3, -0.25) is 0 Å². The Morgan fingerprint density at radius 2 is 2.06 bits per heavy atom. The van der Waals surface area contributed by atoms with Gasteiger partial charge in [-0.1, -0.05) is 0 Å². The molecule has 0 aromatic heterocycles. The summed E-state index contributed by atoms with van der Waals surface area (Å²) < 4.78 is 10.8. The Bertz CT molecular complexity index is 384. The number of methoxy groups -OCH3 is 2. The maximum Gasteiger partial charge on any atom is 0.125 e. The summed E-state index contributed by atoms with van der Waals surface area (Å²) in [5, 5.41) is 3.45. The van der Waals surface area contributed by atoms with Gasteiger partial charge < -0.3 is 14.8 Å². The molecule has 0 amide bonds. The van der Waals surface area contributed by atoms with Gasteiger partial charge in [0, 0.05) is 12.6 Å². The molecule has 1 N–H and O–H groups in total. The van der Waals surface area contributed by atoms with Crippen LogP contribution in [0.3, 0.4) is 0 Å². The van der Waals surface area contributed by atoms with Crippen LogP contribution in [0, 0.1) is 6.92 Å². The summed E-state index contributed by atoms with van der Waals surface area (Å²) in [6.07, 6.45) is 2.48. The number of benzene rings is 1. The highest BCUT2D eigenvalue weighted by Gasteiger charge is 2.19. The quantitative estimate of drug-likeness (QED) is 0.873. The van der Waals surface area contributed by atoms with Crippen molar-refractivity contribution >= 4 is 0 Å². The van der Waals surface area contributed by atoms with Crippen molar-refractivity contribution in [3.05, 3.63) is 23.3 Å². The Kier molecular flexibility index (Phi) is 3.89. The second-order valence-corrected chi connectivity index (χ2v) is 4.59. The standard InChI is InChI=1S/C14H21NO2/c1-10-13(11-5-4-6-15-9-11)7-12(16-2)8-14(10)17-3/h7-8,11,15H,4-6,9H2,1-3H3. The highest BCUT2D eigenvalue weighted by molar-refractivity contribution is 5.47. The third kappa shape index (κ3) is 2.55. The zero-order valence-corrected chi connectivity index (χ0v) is 10.9. The first kappa shape index (κ1) is 12.2. The van der Waals surface area contributed by atoms with E-state index in [0.717, 1.165) is 24.6 Å². The minimum atomic E-state index is 0.577. The number of ether oxygens (including phenoxy) is 2. The fourth-order valence-electron chi connectivity index (χ4n) is 2.55. The molecule has 1 fully saturated rings. The van der Waals surface area contributed by atoms with Gasteiger partial charge in [0.25, 0.3) is 0 Å². The number of hydrogen-bond acceptors (Lipinski definition) is 3. The number of nitrogens with one attached hydrogen (secondary N) is 1. The maximum absolute atomic E-state index is 5.42. The van der Waals surface area contributed by atoms with Crippen LogP contribution in [0.1, 0.15) is 29.9 Å². The molecule has 0 bridgehead atoms. The molecule has 17 heavy (non-hydrogen) atoms. The van der Waals surface area contributed by atoms with Crippen LogP contribution in [-0.4, -0.2) is 27.3 Å². The molecular weight excluding hydrogens is 214 g/mol. The molecule has 0 spiro atoms. The van der Waals surface area contributed by atoms with E-state index in [0.29, 0.717) is 5.92 Å². The van der Waals surface area contributed by atoms with Crippen LogP contribution in [0.2, 0.25) is 0 Å². The molecule has 0 radical (unpaired) electrons. The second kappa shape index (κ2) is 5.41. The molecule has 1 atom stereocenters. The molecule has 1 aliphatic rings. The van der Waals surface area contributed by atoms with E-state index < -0.39 is 0 Å². The van der Waals surface area contributed by atoms with E-state index in [1.54, 1.807) is 14.2 Å². The van der Waals surface area contributed by atoms with E-state index in [-0.39, 0.29) is 0 Å². The van der Waals surface area contributed by atoms with E-state index in [9.17, 15) is 0 Å². The number of rotatable bonds is 3. The zero-order valence-electron chi connectivity index (χ0n) is 10.9. The minimum Gasteiger partial charge on any atom is -0.497 e. The molecule has 94 valence electrons. The van der Waals surface area contributed by atoms with Gasteiger partial charge in [-0.05, 0) is 49.4 Å². The second-order valence-electron chi connectivity index (χ2n) is 4.59. The Morgan fingerprint density at radius 3 is 2.65 bits per heavy atom. The lowest BCUT2D eigenvalue weighted by molar-refractivity contribution is 0.387. The fourth-order valence-corrected chi connectivity index (χ4v) is 2.55. The van der Waals surface area contributed by atoms with E-state index in [1.165, 1.54) is 24.0 Å². The van der Waals surface area contributed by atoms with Gasteiger partial charge >= 0.3 is 0 Å². The van der Waals surface area contributed by atoms with Gasteiger partial charge in [0.05, 0.1) is 14.2 Å². The largest absolute Gasteiger partial charge is 0.497 e. The Hall–Kier alpha value is -1.22. The summed E-state index contributed by atoms with van der Waals surface area (Å²) in [6.45, 7) is 4.32. The molecule has 3 heteroatoms. The summed E-state index contributed by atoms with van der Waals surface area (Å²) in [4.78, 5) is 0. The monoisotopic (exact) mass is 235 g/mol. The average molecular weight is 235 g/mol. The first-order chi connectivity index (χ1) is 8.26. The van der Waals surface area contributed by atoms with Crippen LogP contribution in [0.5, 0.6) is 11.5 Å². The van der Waals surface area contributed by atoms with Crippen LogP contribution in [0.15, 0.2) is 12.1 Å². The van der Waals surface area contributed by atoms with Crippen molar-refractivity contribution in [3.63, 3.8) is 0 Å². The summed E-state index contributed by atoms with van der Waals surface area (Å²) >= 11 is 0. The van der Waals surface area contributed by atoms with E-state index in [4.69, 9.17) is 9.47 Å². The van der Waals surface area contributed by atoms with Gasteiger partial charge in [-0.25, -0.2) is 0 Å². The first-order valence-electron chi connectivity index (χ1n) is 6.19. The Labute approximate surface area is 103 Å². The SMILES string of the molecule is COc1cc(OC)c(C)c(C2CCCNC2)c1. The lowest BCUT2D eigenvalue weighted by Crippen LogP contribution is -2.28. The Balaban J connectivity index is 2.36. The lowest BCUT2D eigenvalue weighted by Gasteiger charge is -2.25. The topological polar surface area (TPSA) is 30.5 Å². The van der Waals surface area contributed by atoms with E-state index in [2.05, 4.69) is 18.3 Å². The van der Waals surface area contributed by atoms with Crippen molar-refractivity contribution in [2.24, 2.45) is 0 Å². The highest BCUT2D eigenvalue weighted by atomic mass is 16.5. The third-order valence-corrected chi connectivity index (χ3v) is 3.57. The number of hydrogen-bond donors (Lipinski definition) is 1. The predicted molar refractivity (Wildman–Crippen MR) is 69.1 cm³/mol. The van der Waals surface area contributed by atoms with Crippen molar-refractivity contribution < 1.29 is 9.47 Å². The summed E-state index contributed by atoms with van der Waals surface area (Å²) in [5.41, 5.74) is 2.59. The number of piperidine rings is 1. The zero-order chi connectivity index (χ0) is 12.3. The van der Waals surface area contributed by atoms with Crippen molar-refractivity contribution in [2.45, 2.75) is 25.7 Å². The van der Waals surface area contributed by atoms with Gasteiger partial charge in [-0.2, -0.15) is 0 Å². The van der Waals surface area contributed by atoms with Crippen LogP contribution in [0.25, 0.3) is 0 Å². The van der Waals surface area contributed by atoms with Crippen LogP contribution >= 0.6 is 0 Å². The molecule has 1 heterocycles. The van der Waals surface area contributed by atoms with E-state index in [1.807, 2.05) is 6.07 Å². The van der Waals surface area contributed by atoms with Gasteiger partial charge in [-0.15, -0.1) is 0 Å². The summed E-state index contributed by atoms with van der Waals surface area (Å²) in [7, 11) is 3.41. The van der Waals surface area contributed by atoms with Crippen LogP contribution in [0.4, 0.5) is 0 Å². The molecule has 1 unspecified atom stereocenters. The van der Waals surface area contributed by atoms with Crippen molar-refractivity contribution in [2.75, 3.05) is 27.3 Å². The molecular formula is C14H21NO2. The lowest BCUT2D eigenvalue weighted by atomic mass is 9.88. The smallest absolute Gasteiger partial charge is 0.125 e. The molecule has 1 aromatic rings. The highest BCUT2D eigenvalue weighted by Crippen LogP contribution is 2.34. The van der Waals surface area contributed by atoms with E-state index >= 15 is 0 Å². The van der Waals surface area contributed by atoms with Crippen LogP contribution in [-0.2, 0) is 0 Å². The van der Waals surface area contributed by atoms with Crippen LogP contribution < -0.4 is 14.8 Å². The molecule has 1 saturated heterocycles. The third-order valence-electron chi connectivity index (χ3n) is 3.57. The van der Waals surface area contributed by atoms with Crippen molar-refractivity contribution in [1.82, 2.24) is 5.32 Å². The molecule has 1 aromatic carbocycles. The van der Waals surface area contributed by atoms with Gasteiger partial charge in [0.1, 0.15) is 11.5 Å². The first-order valence-corrected chi connectivity index (χ1v) is 6.19. The van der Waals surface area contributed by atoms with Crippen molar-refractivity contribution in [3.8, 4) is 11.5 Å². The summed E-state index contributed by atoms with van der Waals surface area (Å²) in [6, 6.07) is 4.10. The van der Waals surface area contributed by atoms with Gasteiger partial charge in [0.15, 0.2) is 0 Å². The Morgan fingerprint density at radius 1 is 1.24 bits per heavy atom. The minimum absolute atomic E-state index is 0.577. The average Bonchev–Trinajstić information content (AvgIpc) is 2.40. The van der Waals surface area contributed by atoms with Crippen molar-refractivity contribution in [1.29, 1.82) is 0 Å². The fraction of sp³-hybridized carbons (Fsp3) is 0.571. The molecule has 2 rings (SSSR count). The molecule has 0 saturated carbocycles. The normalized spacial score (nSPS) is 20.1. The predicted octanol–water partition coefficient (Wildman–Crippen LogP) is 2.48. The molecule has 3 nitrogen and oxygen atoms in total. The molecule has 0 aliphatic carbocycles. The maximum atomic E-state index is 5.42. The molecule has 1 aliphatic heterocycles.